The minimum Gasteiger partial charge on any atom is -0.444 e. The number of carbonyl (C=O) groups is 1. The van der Waals surface area contributed by atoms with Crippen molar-refractivity contribution in [2.45, 2.75) is 45.8 Å². The Balaban J connectivity index is 1.56. The average molecular weight is 411 g/mol. The molecule has 3 aromatic rings. The van der Waals surface area contributed by atoms with Gasteiger partial charge >= 0.3 is 6.09 Å². The SMILES string of the molecule is Cn1cc(-c2ccc3c(N4CCN(C(=O)OC(C)(C)C)C(C)(C)C4)cnn3c2)cn1. The molecule has 0 spiro atoms. The summed E-state index contributed by atoms with van der Waals surface area (Å²) in [5.74, 6) is 0. The van der Waals surface area contributed by atoms with Gasteiger partial charge < -0.3 is 9.64 Å². The molecule has 0 unspecified atom stereocenters. The average Bonchev–Trinajstić information content (AvgIpc) is 3.24. The van der Waals surface area contributed by atoms with Crippen molar-refractivity contribution >= 4 is 17.3 Å². The van der Waals surface area contributed by atoms with Gasteiger partial charge in [0.15, 0.2) is 0 Å². The quantitative estimate of drug-likeness (QED) is 0.646. The third-order valence-electron chi connectivity index (χ3n) is 5.39. The fraction of sp³-hybridized carbons (Fsp3) is 0.500. The van der Waals surface area contributed by atoms with Crippen LogP contribution in [-0.2, 0) is 11.8 Å². The first-order chi connectivity index (χ1) is 14.0. The summed E-state index contributed by atoms with van der Waals surface area (Å²) in [4.78, 5) is 16.8. The Morgan fingerprint density at radius 1 is 1.07 bits per heavy atom. The Morgan fingerprint density at radius 3 is 2.47 bits per heavy atom. The monoisotopic (exact) mass is 410 g/mol. The summed E-state index contributed by atoms with van der Waals surface area (Å²) in [5, 5.41) is 8.83. The highest BCUT2D eigenvalue weighted by Crippen LogP contribution is 2.31. The Kier molecular flexibility index (Phi) is 4.75. The van der Waals surface area contributed by atoms with Crippen molar-refractivity contribution in [3.8, 4) is 11.1 Å². The van der Waals surface area contributed by atoms with E-state index < -0.39 is 5.60 Å². The maximum atomic E-state index is 12.7. The maximum Gasteiger partial charge on any atom is 0.410 e. The molecule has 1 fully saturated rings. The number of ether oxygens (including phenoxy) is 1. The minimum atomic E-state index is -0.501. The number of anilines is 1. The zero-order valence-electron chi connectivity index (χ0n) is 18.6. The summed E-state index contributed by atoms with van der Waals surface area (Å²) in [7, 11) is 1.91. The van der Waals surface area contributed by atoms with Crippen LogP contribution < -0.4 is 4.90 Å². The van der Waals surface area contributed by atoms with Crippen molar-refractivity contribution in [2.24, 2.45) is 7.05 Å². The summed E-state index contributed by atoms with van der Waals surface area (Å²) in [6.07, 6.45) is 7.51. The lowest BCUT2D eigenvalue weighted by atomic mass is 9.99. The van der Waals surface area contributed by atoms with Gasteiger partial charge in [0.25, 0.3) is 0 Å². The third kappa shape index (κ3) is 3.86. The molecule has 0 aromatic carbocycles. The fourth-order valence-corrected chi connectivity index (χ4v) is 3.97. The fourth-order valence-electron chi connectivity index (χ4n) is 3.97. The van der Waals surface area contributed by atoms with Crippen LogP contribution in [0.3, 0.4) is 0 Å². The Bertz CT molecular complexity index is 1070. The van der Waals surface area contributed by atoms with Crippen molar-refractivity contribution in [1.29, 1.82) is 0 Å². The van der Waals surface area contributed by atoms with Crippen LogP contribution in [0.5, 0.6) is 0 Å². The van der Waals surface area contributed by atoms with Crippen LogP contribution in [0.15, 0.2) is 36.9 Å². The Morgan fingerprint density at radius 2 is 1.83 bits per heavy atom. The van der Waals surface area contributed by atoms with E-state index >= 15 is 0 Å². The highest BCUT2D eigenvalue weighted by atomic mass is 16.6. The zero-order chi connectivity index (χ0) is 21.7. The lowest BCUT2D eigenvalue weighted by molar-refractivity contribution is 0.000402. The predicted octanol–water partition coefficient (Wildman–Crippen LogP) is 3.57. The van der Waals surface area contributed by atoms with E-state index in [1.165, 1.54) is 0 Å². The second-order valence-corrected chi connectivity index (χ2v) is 9.55. The van der Waals surface area contributed by atoms with Gasteiger partial charge in [0.2, 0.25) is 0 Å². The highest BCUT2D eigenvalue weighted by molar-refractivity contribution is 5.76. The number of aryl methyl sites for hydroxylation is 1. The van der Waals surface area contributed by atoms with Gasteiger partial charge in [0, 0.05) is 50.2 Å². The molecular weight excluding hydrogens is 380 g/mol. The standard InChI is InChI=1S/C22H30N6O2/c1-21(2,3)30-20(29)27-10-9-26(15-22(27,4)5)19-12-24-28-14-16(7-8-18(19)28)17-11-23-25(6)13-17/h7-8,11-14H,9-10,15H2,1-6H3. The summed E-state index contributed by atoms with van der Waals surface area (Å²) >= 11 is 0. The molecule has 0 atom stereocenters. The van der Waals surface area contributed by atoms with Gasteiger partial charge in [0.05, 0.1) is 29.1 Å². The number of nitrogens with zero attached hydrogens (tertiary/aromatic N) is 6. The number of pyridine rings is 1. The molecule has 1 saturated heterocycles. The molecule has 8 nitrogen and oxygen atoms in total. The summed E-state index contributed by atoms with van der Waals surface area (Å²) in [6, 6.07) is 4.19. The Hall–Kier alpha value is -3.03. The molecule has 8 heteroatoms. The molecule has 4 rings (SSSR count). The first-order valence-corrected chi connectivity index (χ1v) is 10.3. The smallest absolute Gasteiger partial charge is 0.410 e. The summed E-state index contributed by atoms with van der Waals surface area (Å²) in [5.41, 5.74) is 3.39. The van der Waals surface area contributed by atoms with Crippen molar-refractivity contribution in [2.75, 3.05) is 24.5 Å². The molecule has 160 valence electrons. The third-order valence-corrected chi connectivity index (χ3v) is 5.39. The first kappa shape index (κ1) is 20.3. The molecule has 0 aliphatic carbocycles. The van der Waals surface area contributed by atoms with Crippen molar-refractivity contribution in [1.82, 2.24) is 24.3 Å². The molecule has 1 aliphatic rings. The van der Waals surface area contributed by atoms with E-state index in [9.17, 15) is 4.79 Å². The largest absolute Gasteiger partial charge is 0.444 e. The first-order valence-electron chi connectivity index (χ1n) is 10.3. The van der Waals surface area contributed by atoms with Crippen LogP contribution in [0.2, 0.25) is 0 Å². The van der Waals surface area contributed by atoms with Crippen LogP contribution in [0.25, 0.3) is 16.6 Å². The zero-order valence-corrected chi connectivity index (χ0v) is 18.6. The number of piperazine rings is 1. The predicted molar refractivity (Wildman–Crippen MR) is 117 cm³/mol. The van der Waals surface area contributed by atoms with Crippen LogP contribution in [0.1, 0.15) is 34.6 Å². The van der Waals surface area contributed by atoms with Crippen LogP contribution in [0.4, 0.5) is 10.5 Å². The normalized spacial score (nSPS) is 16.9. The van der Waals surface area contributed by atoms with Gasteiger partial charge in [-0.15, -0.1) is 0 Å². The summed E-state index contributed by atoms with van der Waals surface area (Å²) in [6.45, 7) is 11.9. The van der Waals surface area contributed by atoms with Crippen LogP contribution >= 0.6 is 0 Å². The number of amides is 1. The maximum absolute atomic E-state index is 12.7. The number of rotatable bonds is 2. The summed E-state index contributed by atoms with van der Waals surface area (Å²) < 4.78 is 9.31. The van der Waals surface area contributed by atoms with Crippen molar-refractivity contribution in [3.63, 3.8) is 0 Å². The van der Waals surface area contributed by atoms with E-state index in [0.717, 1.165) is 28.9 Å². The molecule has 1 aliphatic heterocycles. The topological polar surface area (TPSA) is 67.9 Å². The highest BCUT2D eigenvalue weighted by Gasteiger charge is 2.39. The molecular formula is C22H30N6O2. The van der Waals surface area contributed by atoms with Gasteiger partial charge in [-0.3, -0.25) is 9.58 Å². The molecule has 0 radical (unpaired) electrons. The van der Waals surface area contributed by atoms with Gasteiger partial charge in [-0.25, -0.2) is 9.31 Å². The lowest BCUT2D eigenvalue weighted by Crippen LogP contribution is -2.61. The molecule has 1 amide bonds. The van der Waals surface area contributed by atoms with Crippen LogP contribution in [-0.4, -0.2) is 61.2 Å². The van der Waals surface area contributed by atoms with Gasteiger partial charge in [-0.2, -0.15) is 10.2 Å². The van der Waals surface area contributed by atoms with E-state index in [-0.39, 0.29) is 11.6 Å². The van der Waals surface area contributed by atoms with Crippen molar-refractivity contribution in [3.05, 3.63) is 36.9 Å². The number of carbonyl (C=O) groups excluding carboxylic acids is 1. The van der Waals surface area contributed by atoms with E-state index in [0.29, 0.717) is 13.1 Å². The molecule has 0 saturated carbocycles. The van der Waals surface area contributed by atoms with E-state index in [1.807, 2.05) is 62.0 Å². The Labute approximate surface area is 177 Å². The van der Waals surface area contributed by atoms with Gasteiger partial charge in [-0.05, 0) is 40.7 Å². The number of hydrogen-bond acceptors (Lipinski definition) is 5. The number of hydrogen-bond donors (Lipinski definition) is 0. The van der Waals surface area contributed by atoms with Crippen molar-refractivity contribution < 1.29 is 9.53 Å². The number of fused-ring (bicyclic) bond motifs is 1. The minimum absolute atomic E-state index is 0.256. The molecule has 0 bridgehead atoms. The second kappa shape index (κ2) is 7.04. The number of aromatic nitrogens is 4. The van der Waals surface area contributed by atoms with E-state index in [1.54, 1.807) is 4.68 Å². The van der Waals surface area contributed by atoms with Crippen LogP contribution in [0, 0.1) is 0 Å². The molecule has 3 aromatic heterocycles. The van der Waals surface area contributed by atoms with E-state index in [4.69, 9.17) is 4.74 Å². The molecule has 0 N–H and O–H groups in total. The second-order valence-electron chi connectivity index (χ2n) is 9.55. The van der Waals surface area contributed by atoms with Gasteiger partial charge in [-0.1, -0.05) is 6.07 Å². The molecule has 30 heavy (non-hydrogen) atoms. The molecule has 4 heterocycles. The van der Waals surface area contributed by atoms with Gasteiger partial charge in [0.1, 0.15) is 5.60 Å². The lowest BCUT2D eigenvalue weighted by Gasteiger charge is -2.47. The van der Waals surface area contributed by atoms with E-state index in [2.05, 4.69) is 41.1 Å².